The fourth-order valence-electron chi connectivity index (χ4n) is 1.07. The minimum absolute atomic E-state index is 0.252. The minimum atomic E-state index is -0.646. The summed E-state index contributed by atoms with van der Waals surface area (Å²) < 4.78 is 14.2. The first-order chi connectivity index (χ1) is 6.07. The van der Waals surface area contributed by atoms with Gasteiger partial charge in [0.1, 0.15) is 5.82 Å². The average molecular weight is 248 g/mol. The molecule has 4 heteroatoms. The van der Waals surface area contributed by atoms with Gasteiger partial charge in [0, 0.05) is 10.0 Å². The van der Waals surface area contributed by atoms with E-state index in [9.17, 15) is 4.39 Å². The summed E-state index contributed by atoms with van der Waals surface area (Å²) in [6.07, 6.45) is 0. The van der Waals surface area contributed by atoms with Crippen LogP contribution in [0.4, 0.5) is 4.39 Å². The second-order valence-corrected chi connectivity index (χ2v) is 3.72. The number of hydrogen-bond donors (Lipinski definition) is 2. The Hall–Kier alpha value is -0.450. The van der Waals surface area contributed by atoms with Gasteiger partial charge in [-0.25, -0.2) is 4.39 Å². The summed E-state index contributed by atoms with van der Waals surface area (Å²) in [4.78, 5) is 0. The van der Waals surface area contributed by atoms with Gasteiger partial charge in [-0.1, -0.05) is 22.0 Å². The largest absolute Gasteiger partial charge is 0.394 e. The lowest BCUT2D eigenvalue weighted by Gasteiger charge is -2.11. The molecule has 13 heavy (non-hydrogen) atoms. The highest BCUT2D eigenvalue weighted by Gasteiger charge is 2.13. The van der Waals surface area contributed by atoms with Gasteiger partial charge in [0.2, 0.25) is 0 Å². The molecule has 2 nitrogen and oxygen atoms in total. The smallest absolute Gasteiger partial charge is 0.132 e. The molecule has 0 saturated heterocycles. The van der Waals surface area contributed by atoms with Gasteiger partial charge in [0.15, 0.2) is 0 Å². The van der Waals surface area contributed by atoms with Gasteiger partial charge in [0.25, 0.3) is 0 Å². The molecule has 0 aliphatic rings. The molecule has 0 radical (unpaired) electrons. The van der Waals surface area contributed by atoms with E-state index in [1.807, 2.05) is 0 Å². The van der Waals surface area contributed by atoms with Crippen LogP contribution in [0.25, 0.3) is 0 Å². The molecule has 1 aromatic carbocycles. The van der Waals surface area contributed by atoms with Crippen LogP contribution < -0.4 is 5.73 Å². The van der Waals surface area contributed by atoms with Crippen LogP contribution in [-0.4, -0.2) is 11.7 Å². The highest BCUT2D eigenvalue weighted by molar-refractivity contribution is 9.10. The van der Waals surface area contributed by atoms with Crippen molar-refractivity contribution >= 4 is 15.9 Å². The van der Waals surface area contributed by atoms with Crippen LogP contribution in [0.2, 0.25) is 0 Å². The van der Waals surface area contributed by atoms with E-state index < -0.39 is 6.04 Å². The maximum Gasteiger partial charge on any atom is 0.132 e. The monoisotopic (exact) mass is 247 g/mol. The zero-order valence-corrected chi connectivity index (χ0v) is 8.81. The molecular weight excluding hydrogens is 237 g/mol. The van der Waals surface area contributed by atoms with Crippen molar-refractivity contribution in [3.05, 3.63) is 33.5 Å². The quantitative estimate of drug-likeness (QED) is 0.839. The van der Waals surface area contributed by atoms with Gasteiger partial charge in [-0.05, 0) is 18.6 Å². The van der Waals surface area contributed by atoms with E-state index in [1.54, 1.807) is 19.1 Å². The van der Waals surface area contributed by atoms with Gasteiger partial charge in [-0.15, -0.1) is 0 Å². The fraction of sp³-hybridized carbons (Fsp3) is 0.333. The predicted molar refractivity (Wildman–Crippen MR) is 52.9 cm³/mol. The molecule has 0 aliphatic heterocycles. The van der Waals surface area contributed by atoms with Crippen molar-refractivity contribution in [2.75, 3.05) is 6.61 Å². The molecule has 0 saturated carbocycles. The molecule has 3 N–H and O–H groups in total. The Balaban J connectivity index is 3.18. The number of rotatable bonds is 2. The number of nitrogens with two attached hydrogens (primary N) is 1. The number of benzene rings is 1. The topological polar surface area (TPSA) is 46.2 Å². The maximum atomic E-state index is 13.5. The molecular formula is C9H11BrFNO. The summed E-state index contributed by atoms with van der Waals surface area (Å²) in [5.74, 6) is -0.351. The third-order valence-corrected chi connectivity index (χ3v) is 2.81. The van der Waals surface area contributed by atoms with Crippen LogP contribution >= 0.6 is 15.9 Å². The first kappa shape index (κ1) is 10.6. The van der Waals surface area contributed by atoms with E-state index in [1.165, 1.54) is 0 Å². The van der Waals surface area contributed by atoms with Crippen molar-refractivity contribution in [1.82, 2.24) is 0 Å². The van der Waals surface area contributed by atoms with E-state index in [2.05, 4.69) is 15.9 Å². The number of halogens is 2. The number of aliphatic hydroxyl groups excluding tert-OH is 1. The van der Waals surface area contributed by atoms with Crippen LogP contribution in [0, 0.1) is 12.7 Å². The van der Waals surface area contributed by atoms with E-state index in [0.717, 1.165) is 0 Å². The molecule has 0 aromatic heterocycles. The lowest BCUT2D eigenvalue weighted by Crippen LogP contribution is -2.16. The number of hydrogen-bond acceptors (Lipinski definition) is 2. The molecule has 0 heterocycles. The van der Waals surface area contributed by atoms with Gasteiger partial charge >= 0.3 is 0 Å². The van der Waals surface area contributed by atoms with Crippen molar-refractivity contribution in [2.45, 2.75) is 13.0 Å². The third kappa shape index (κ3) is 2.07. The highest BCUT2D eigenvalue weighted by Crippen LogP contribution is 2.24. The molecule has 0 spiro atoms. The molecule has 72 valence electrons. The van der Waals surface area contributed by atoms with Crippen LogP contribution in [-0.2, 0) is 0 Å². The van der Waals surface area contributed by atoms with Crippen molar-refractivity contribution in [1.29, 1.82) is 0 Å². The average Bonchev–Trinajstić information content (AvgIpc) is 2.13. The Morgan fingerprint density at radius 3 is 2.77 bits per heavy atom. The van der Waals surface area contributed by atoms with Gasteiger partial charge in [-0.3, -0.25) is 0 Å². The predicted octanol–water partition coefficient (Wildman–Crippen LogP) is 1.89. The summed E-state index contributed by atoms with van der Waals surface area (Å²) >= 11 is 3.21. The minimum Gasteiger partial charge on any atom is -0.394 e. The van der Waals surface area contributed by atoms with E-state index in [0.29, 0.717) is 15.6 Å². The molecule has 1 atom stereocenters. The molecule has 0 bridgehead atoms. The number of aliphatic hydroxyl groups is 1. The van der Waals surface area contributed by atoms with Crippen molar-refractivity contribution in [2.24, 2.45) is 5.73 Å². The zero-order chi connectivity index (χ0) is 10.0. The standard InChI is InChI=1S/C9H11BrFNO/c1-5-7(10)3-2-6(9(5)11)8(12)4-13/h2-3,8,13H,4,12H2,1H3. The SMILES string of the molecule is Cc1c(Br)ccc(C(N)CO)c1F. The molecule has 1 aromatic rings. The molecule has 0 amide bonds. The Labute approximate surface area is 84.7 Å². The van der Waals surface area contributed by atoms with Crippen LogP contribution in [0.15, 0.2) is 16.6 Å². The Morgan fingerprint density at radius 2 is 2.23 bits per heavy atom. The van der Waals surface area contributed by atoms with Crippen molar-refractivity contribution < 1.29 is 9.50 Å². The molecule has 1 rings (SSSR count). The summed E-state index contributed by atoms with van der Waals surface area (Å²) in [5, 5.41) is 8.77. The summed E-state index contributed by atoms with van der Waals surface area (Å²) in [7, 11) is 0. The second-order valence-electron chi connectivity index (χ2n) is 2.86. The first-order valence-corrected chi connectivity index (χ1v) is 4.68. The molecule has 1 unspecified atom stereocenters. The summed E-state index contributed by atoms with van der Waals surface area (Å²) in [6, 6.07) is 2.66. The van der Waals surface area contributed by atoms with Gasteiger partial charge < -0.3 is 10.8 Å². The Morgan fingerprint density at radius 1 is 1.62 bits per heavy atom. The highest BCUT2D eigenvalue weighted by atomic mass is 79.9. The van der Waals surface area contributed by atoms with Crippen LogP contribution in [0.1, 0.15) is 17.2 Å². The van der Waals surface area contributed by atoms with E-state index in [4.69, 9.17) is 10.8 Å². The van der Waals surface area contributed by atoms with Crippen LogP contribution in [0.3, 0.4) is 0 Å². The van der Waals surface area contributed by atoms with Crippen LogP contribution in [0.5, 0.6) is 0 Å². The lowest BCUT2D eigenvalue weighted by molar-refractivity contribution is 0.265. The zero-order valence-electron chi connectivity index (χ0n) is 7.22. The maximum absolute atomic E-state index is 13.5. The molecule has 0 fully saturated rings. The Bertz CT molecular complexity index is 317. The fourth-order valence-corrected chi connectivity index (χ4v) is 1.37. The normalized spacial score (nSPS) is 13.0. The van der Waals surface area contributed by atoms with E-state index >= 15 is 0 Å². The third-order valence-electron chi connectivity index (χ3n) is 1.95. The summed E-state index contributed by atoms with van der Waals surface area (Å²) in [5.41, 5.74) is 6.37. The molecule has 0 aliphatic carbocycles. The lowest BCUT2D eigenvalue weighted by atomic mass is 10.0. The second kappa shape index (κ2) is 4.17. The van der Waals surface area contributed by atoms with Gasteiger partial charge in [-0.2, -0.15) is 0 Å². The Kier molecular flexibility index (Phi) is 3.41. The van der Waals surface area contributed by atoms with Gasteiger partial charge in [0.05, 0.1) is 12.6 Å². The first-order valence-electron chi connectivity index (χ1n) is 3.89. The summed E-state index contributed by atoms with van der Waals surface area (Å²) in [6.45, 7) is 1.41. The van der Waals surface area contributed by atoms with Crippen molar-refractivity contribution in [3.63, 3.8) is 0 Å². The van der Waals surface area contributed by atoms with Crippen molar-refractivity contribution in [3.8, 4) is 0 Å². The van der Waals surface area contributed by atoms with E-state index in [-0.39, 0.29) is 12.4 Å².